The highest BCUT2D eigenvalue weighted by Gasteiger charge is 2.19. The maximum Gasteiger partial charge on any atom is 0.296 e. The fourth-order valence-electron chi connectivity index (χ4n) is 1.90. The summed E-state index contributed by atoms with van der Waals surface area (Å²) in [5, 5.41) is 14.2. The zero-order chi connectivity index (χ0) is 15.4. The van der Waals surface area contributed by atoms with Crippen LogP contribution < -0.4 is 14.8 Å². The Hall–Kier alpha value is -2.77. The SMILES string of the molecule is COc1cc(NCc2nccn2C)c([N+](=O)[O-])cc1OC. The molecule has 0 aliphatic heterocycles. The molecule has 2 rings (SSSR count). The average Bonchev–Trinajstić information content (AvgIpc) is 2.89. The van der Waals surface area contributed by atoms with Gasteiger partial charge in [-0.1, -0.05) is 0 Å². The molecule has 1 N–H and O–H groups in total. The fourth-order valence-corrected chi connectivity index (χ4v) is 1.90. The molecule has 0 saturated carbocycles. The topological polar surface area (TPSA) is 91.5 Å². The minimum Gasteiger partial charge on any atom is -0.493 e. The van der Waals surface area contributed by atoms with E-state index in [1.54, 1.807) is 18.5 Å². The molecule has 0 radical (unpaired) electrons. The van der Waals surface area contributed by atoms with Crippen molar-refractivity contribution in [1.29, 1.82) is 0 Å². The highest BCUT2D eigenvalue weighted by molar-refractivity contribution is 5.68. The maximum atomic E-state index is 11.2. The van der Waals surface area contributed by atoms with Gasteiger partial charge in [0.1, 0.15) is 11.5 Å². The van der Waals surface area contributed by atoms with Crippen molar-refractivity contribution in [2.75, 3.05) is 19.5 Å². The number of nitrogens with one attached hydrogen (secondary N) is 1. The lowest BCUT2D eigenvalue weighted by Gasteiger charge is -2.12. The molecule has 8 nitrogen and oxygen atoms in total. The lowest BCUT2D eigenvalue weighted by atomic mass is 10.2. The number of hydrogen-bond acceptors (Lipinski definition) is 6. The number of rotatable bonds is 6. The number of imidazole rings is 1. The summed E-state index contributed by atoms with van der Waals surface area (Å²) in [4.78, 5) is 14.9. The van der Waals surface area contributed by atoms with E-state index in [4.69, 9.17) is 9.47 Å². The first-order valence-electron chi connectivity index (χ1n) is 6.17. The van der Waals surface area contributed by atoms with Gasteiger partial charge < -0.3 is 19.4 Å². The van der Waals surface area contributed by atoms with Crippen molar-refractivity contribution in [2.24, 2.45) is 7.05 Å². The average molecular weight is 292 g/mol. The van der Waals surface area contributed by atoms with Crippen molar-refractivity contribution in [1.82, 2.24) is 9.55 Å². The summed E-state index contributed by atoms with van der Waals surface area (Å²) in [5.41, 5.74) is 0.266. The Morgan fingerprint density at radius 2 is 2.00 bits per heavy atom. The Morgan fingerprint density at radius 3 is 2.52 bits per heavy atom. The molecule has 8 heteroatoms. The van der Waals surface area contributed by atoms with Gasteiger partial charge in [-0.05, 0) is 0 Å². The largest absolute Gasteiger partial charge is 0.493 e. The van der Waals surface area contributed by atoms with Crippen molar-refractivity contribution >= 4 is 11.4 Å². The van der Waals surface area contributed by atoms with E-state index in [1.165, 1.54) is 20.3 Å². The van der Waals surface area contributed by atoms with Gasteiger partial charge in [-0.15, -0.1) is 0 Å². The van der Waals surface area contributed by atoms with Crippen molar-refractivity contribution in [3.05, 3.63) is 40.5 Å². The smallest absolute Gasteiger partial charge is 0.296 e. The van der Waals surface area contributed by atoms with E-state index >= 15 is 0 Å². The molecule has 0 atom stereocenters. The van der Waals surface area contributed by atoms with Crippen LogP contribution in [0.4, 0.5) is 11.4 Å². The molecule has 0 amide bonds. The number of aromatic nitrogens is 2. The minimum atomic E-state index is -0.470. The van der Waals surface area contributed by atoms with Crippen LogP contribution in [0.5, 0.6) is 11.5 Å². The molecule has 0 unspecified atom stereocenters. The normalized spacial score (nSPS) is 10.2. The number of nitro benzene ring substituents is 1. The Kier molecular flexibility index (Phi) is 4.27. The van der Waals surface area contributed by atoms with E-state index in [9.17, 15) is 10.1 Å². The van der Waals surface area contributed by atoms with Gasteiger partial charge in [-0.2, -0.15) is 0 Å². The van der Waals surface area contributed by atoms with Crippen LogP contribution in [-0.4, -0.2) is 28.7 Å². The Morgan fingerprint density at radius 1 is 1.33 bits per heavy atom. The molecule has 0 bridgehead atoms. The number of hydrogen-bond donors (Lipinski definition) is 1. The molecule has 0 fully saturated rings. The van der Waals surface area contributed by atoms with Crippen molar-refractivity contribution < 1.29 is 14.4 Å². The zero-order valence-corrected chi connectivity index (χ0v) is 12.0. The summed E-state index contributed by atoms with van der Waals surface area (Å²) in [6, 6.07) is 2.87. The molecule has 1 aromatic carbocycles. The molecule has 0 spiro atoms. The van der Waals surface area contributed by atoms with Crippen LogP contribution in [0.1, 0.15) is 5.82 Å². The van der Waals surface area contributed by atoms with Gasteiger partial charge in [0, 0.05) is 25.5 Å². The third-order valence-electron chi connectivity index (χ3n) is 3.06. The first kappa shape index (κ1) is 14.6. The number of methoxy groups -OCH3 is 2. The highest BCUT2D eigenvalue weighted by Crippen LogP contribution is 2.37. The van der Waals surface area contributed by atoms with E-state index in [0.717, 1.165) is 5.82 Å². The van der Waals surface area contributed by atoms with Crippen LogP contribution in [0.15, 0.2) is 24.5 Å². The van der Waals surface area contributed by atoms with Gasteiger partial charge in [-0.3, -0.25) is 10.1 Å². The lowest BCUT2D eigenvalue weighted by molar-refractivity contribution is -0.384. The van der Waals surface area contributed by atoms with Crippen LogP contribution in [0.25, 0.3) is 0 Å². The number of aryl methyl sites for hydroxylation is 1. The summed E-state index contributed by atoms with van der Waals surface area (Å²) in [5.74, 6) is 1.50. The molecule has 0 aliphatic rings. The number of benzene rings is 1. The number of nitrogens with zero attached hydrogens (tertiary/aromatic N) is 3. The lowest BCUT2D eigenvalue weighted by Crippen LogP contribution is -2.07. The van der Waals surface area contributed by atoms with Gasteiger partial charge in [0.2, 0.25) is 0 Å². The van der Waals surface area contributed by atoms with E-state index < -0.39 is 4.92 Å². The molecule has 1 heterocycles. The Balaban J connectivity index is 2.32. The minimum absolute atomic E-state index is 0.0816. The molecular formula is C13H16N4O4. The molecule has 0 saturated heterocycles. The third-order valence-corrected chi connectivity index (χ3v) is 3.06. The Bertz CT molecular complexity index is 654. The Labute approximate surface area is 121 Å². The summed E-state index contributed by atoms with van der Waals surface area (Å²) >= 11 is 0. The summed E-state index contributed by atoms with van der Waals surface area (Å²) in [6.45, 7) is 0.361. The first-order chi connectivity index (χ1) is 10.1. The number of ether oxygens (including phenoxy) is 2. The summed E-state index contributed by atoms with van der Waals surface area (Å²) < 4.78 is 12.1. The van der Waals surface area contributed by atoms with E-state index in [2.05, 4.69) is 10.3 Å². The van der Waals surface area contributed by atoms with Gasteiger partial charge in [0.15, 0.2) is 11.5 Å². The van der Waals surface area contributed by atoms with E-state index in [1.807, 2.05) is 11.6 Å². The number of nitro groups is 1. The fraction of sp³-hybridized carbons (Fsp3) is 0.308. The van der Waals surface area contributed by atoms with Gasteiger partial charge in [-0.25, -0.2) is 4.98 Å². The number of anilines is 1. The second kappa shape index (κ2) is 6.12. The zero-order valence-electron chi connectivity index (χ0n) is 12.0. The van der Waals surface area contributed by atoms with Gasteiger partial charge in [0.25, 0.3) is 5.69 Å². The van der Waals surface area contributed by atoms with Gasteiger partial charge >= 0.3 is 0 Å². The monoisotopic (exact) mass is 292 g/mol. The molecular weight excluding hydrogens is 276 g/mol. The first-order valence-corrected chi connectivity index (χ1v) is 6.17. The highest BCUT2D eigenvalue weighted by atomic mass is 16.6. The summed E-state index contributed by atoms with van der Waals surface area (Å²) in [7, 11) is 4.77. The molecule has 2 aromatic rings. The molecule has 0 aliphatic carbocycles. The summed E-state index contributed by atoms with van der Waals surface area (Å²) in [6.07, 6.45) is 3.47. The molecule has 1 aromatic heterocycles. The second-order valence-corrected chi connectivity index (χ2v) is 4.29. The van der Waals surface area contributed by atoms with E-state index in [0.29, 0.717) is 23.7 Å². The second-order valence-electron chi connectivity index (χ2n) is 4.29. The van der Waals surface area contributed by atoms with E-state index in [-0.39, 0.29) is 5.69 Å². The van der Waals surface area contributed by atoms with Crippen LogP contribution in [0.2, 0.25) is 0 Å². The standard InChI is InChI=1S/C13H16N4O4/c1-16-5-4-14-13(16)8-15-9-6-11(20-2)12(21-3)7-10(9)17(18)19/h4-7,15H,8H2,1-3H3. The predicted octanol–water partition coefficient (Wildman–Crippen LogP) is 1.96. The van der Waals surface area contributed by atoms with Crippen molar-refractivity contribution in [2.45, 2.75) is 6.54 Å². The molecule has 112 valence electrons. The molecule has 21 heavy (non-hydrogen) atoms. The van der Waals surface area contributed by atoms with Crippen LogP contribution >= 0.6 is 0 Å². The predicted molar refractivity (Wildman–Crippen MR) is 76.7 cm³/mol. The van der Waals surface area contributed by atoms with Crippen molar-refractivity contribution in [3.8, 4) is 11.5 Å². The maximum absolute atomic E-state index is 11.2. The quantitative estimate of drug-likeness (QED) is 0.646. The van der Waals surface area contributed by atoms with Crippen LogP contribution in [-0.2, 0) is 13.6 Å². The van der Waals surface area contributed by atoms with Crippen LogP contribution in [0.3, 0.4) is 0 Å². The third kappa shape index (κ3) is 3.04. The van der Waals surface area contributed by atoms with Crippen molar-refractivity contribution in [3.63, 3.8) is 0 Å². The van der Waals surface area contributed by atoms with Gasteiger partial charge in [0.05, 0.1) is 31.8 Å². The van der Waals surface area contributed by atoms with Crippen LogP contribution in [0, 0.1) is 10.1 Å².